The van der Waals surface area contributed by atoms with E-state index in [-0.39, 0.29) is 5.69 Å². The van der Waals surface area contributed by atoms with Gasteiger partial charge in [-0.25, -0.2) is 10.8 Å². The zero-order chi connectivity index (χ0) is 11.0. The van der Waals surface area contributed by atoms with Crippen molar-refractivity contribution in [3.8, 4) is 0 Å². The third kappa shape index (κ3) is 1.83. The van der Waals surface area contributed by atoms with Gasteiger partial charge in [0, 0.05) is 12.4 Å². The Morgan fingerprint density at radius 2 is 2.33 bits per heavy atom. The second-order valence-electron chi connectivity index (χ2n) is 2.84. The molecule has 0 aromatic carbocycles. The molecule has 1 amide bonds. The smallest absolute Gasteiger partial charge is 0.285 e. The summed E-state index contributed by atoms with van der Waals surface area (Å²) >= 11 is 9.14. The fraction of sp³-hybridized carbons (Fsp3) is 0. The van der Waals surface area contributed by atoms with Crippen LogP contribution < -0.4 is 11.3 Å². The Hall–Kier alpha value is -1.11. The van der Waals surface area contributed by atoms with Crippen molar-refractivity contribution >= 4 is 39.1 Å². The van der Waals surface area contributed by atoms with Gasteiger partial charge in [0.15, 0.2) is 5.65 Å². The Balaban J connectivity index is 2.65. The molecule has 78 valence electrons. The van der Waals surface area contributed by atoms with E-state index in [4.69, 9.17) is 17.4 Å². The van der Waals surface area contributed by atoms with Gasteiger partial charge in [-0.1, -0.05) is 11.6 Å². The lowest BCUT2D eigenvalue weighted by atomic mass is 10.5. The number of pyridine rings is 1. The van der Waals surface area contributed by atoms with E-state index in [0.29, 0.717) is 15.1 Å². The predicted octanol–water partition coefficient (Wildman–Crippen LogP) is 1.35. The summed E-state index contributed by atoms with van der Waals surface area (Å²) in [5.41, 5.74) is 2.86. The number of nitrogens with two attached hydrogens (primary N) is 1. The van der Waals surface area contributed by atoms with E-state index in [9.17, 15) is 4.79 Å². The molecule has 0 spiro atoms. The number of nitrogens with one attached hydrogen (secondary N) is 1. The zero-order valence-electron chi connectivity index (χ0n) is 7.37. The van der Waals surface area contributed by atoms with Gasteiger partial charge in [-0.3, -0.25) is 10.2 Å². The monoisotopic (exact) mass is 288 g/mol. The Morgan fingerprint density at radius 3 is 3.00 bits per heavy atom. The quantitative estimate of drug-likeness (QED) is 0.473. The third-order valence-corrected chi connectivity index (χ3v) is 2.63. The minimum atomic E-state index is -0.443. The molecule has 0 saturated carbocycles. The highest BCUT2D eigenvalue weighted by atomic mass is 79.9. The topological polar surface area (TPSA) is 72.4 Å². The number of fused-ring (bicyclic) bond motifs is 1. The summed E-state index contributed by atoms with van der Waals surface area (Å²) in [7, 11) is 0. The molecule has 3 N–H and O–H groups in total. The highest BCUT2D eigenvalue weighted by Crippen LogP contribution is 2.22. The van der Waals surface area contributed by atoms with Gasteiger partial charge in [-0.15, -0.1) is 0 Å². The van der Waals surface area contributed by atoms with Crippen LogP contribution in [0, 0.1) is 0 Å². The molecule has 0 bridgehead atoms. The molecule has 0 fully saturated rings. The maximum atomic E-state index is 11.2. The van der Waals surface area contributed by atoms with Crippen LogP contribution in [0.2, 0.25) is 5.02 Å². The Morgan fingerprint density at radius 1 is 1.60 bits per heavy atom. The molecule has 7 heteroatoms. The molecule has 0 unspecified atom stereocenters. The standard InChI is InChI=1S/C8H6BrClN4O/c9-5-1-4(10)2-14-3-6(8(15)13-11)12-7(5)14/h1-3H,11H2,(H,13,15). The summed E-state index contributed by atoms with van der Waals surface area (Å²) in [6, 6.07) is 1.70. The third-order valence-electron chi connectivity index (χ3n) is 1.84. The molecule has 0 aliphatic rings. The van der Waals surface area contributed by atoms with Crippen molar-refractivity contribution in [1.82, 2.24) is 14.8 Å². The normalized spacial score (nSPS) is 10.6. The fourth-order valence-corrected chi connectivity index (χ4v) is 2.09. The van der Waals surface area contributed by atoms with E-state index < -0.39 is 5.91 Å². The lowest BCUT2D eigenvalue weighted by Gasteiger charge is -1.96. The molecule has 2 aromatic heterocycles. The van der Waals surface area contributed by atoms with Gasteiger partial charge < -0.3 is 4.40 Å². The van der Waals surface area contributed by atoms with Crippen molar-refractivity contribution in [3.63, 3.8) is 0 Å². The van der Waals surface area contributed by atoms with Crippen LogP contribution in [-0.4, -0.2) is 15.3 Å². The molecular formula is C8H6BrClN4O. The minimum Gasteiger partial charge on any atom is -0.304 e. The van der Waals surface area contributed by atoms with Crippen LogP contribution in [0.5, 0.6) is 0 Å². The molecule has 2 aromatic rings. The molecule has 0 saturated heterocycles. The van der Waals surface area contributed by atoms with Crippen LogP contribution in [0.15, 0.2) is 22.9 Å². The van der Waals surface area contributed by atoms with Crippen LogP contribution in [0.3, 0.4) is 0 Å². The number of carbonyl (C=O) groups excluding carboxylic acids is 1. The maximum absolute atomic E-state index is 11.2. The van der Waals surface area contributed by atoms with E-state index >= 15 is 0 Å². The molecular weight excluding hydrogens is 283 g/mol. The van der Waals surface area contributed by atoms with Crippen molar-refractivity contribution in [2.45, 2.75) is 0 Å². The Labute approximate surface area is 98.3 Å². The molecule has 0 atom stereocenters. The number of nitrogen functional groups attached to an aromatic ring is 1. The van der Waals surface area contributed by atoms with Crippen LogP contribution >= 0.6 is 27.5 Å². The first kappa shape index (κ1) is 10.4. The summed E-state index contributed by atoms with van der Waals surface area (Å²) in [6.07, 6.45) is 3.20. The van der Waals surface area contributed by atoms with Gasteiger partial charge in [0.2, 0.25) is 0 Å². The number of hydrogen-bond donors (Lipinski definition) is 2. The summed E-state index contributed by atoms with van der Waals surface area (Å²) in [5, 5.41) is 0.548. The van der Waals surface area contributed by atoms with Crippen LogP contribution in [0.1, 0.15) is 10.5 Å². The summed E-state index contributed by atoms with van der Waals surface area (Å²) < 4.78 is 2.36. The summed E-state index contributed by atoms with van der Waals surface area (Å²) in [4.78, 5) is 15.3. The summed E-state index contributed by atoms with van der Waals surface area (Å²) in [6.45, 7) is 0. The van der Waals surface area contributed by atoms with Crippen molar-refractivity contribution < 1.29 is 4.79 Å². The first-order valence-electron chi connectivity index (χ1n) is 3.96. The van der Waals surface area contributed by atoms with Crippen molar-refractivity contribution in [3.05, 3.63) is 33.6 Å². The Bertz CT molecular complexity index is 539. The molecule has 15 heavy (non-hydrogen) atoms. The van der Waals surface area contributed by atoms with E-state index in [2.05, 4.69) is 20.9 Å². The number of carbonyl (C=O) groups is 1. The molecule has 0 aliphatic carbocycles. The number of nitrogens with zero attached hydrogens (tertiary/aromatic N) is 2. The lowest BCUT2D eigenvalue weighted by molar-refractivity contribution is 0.0949. The van der Waals surface area contributed by atoms with Crippen LogP contribution in [0.25, 0.3) is 5.65 Å². The van der Waals surface area contributed by atoms with E-state index in [0.717, 1.165) is 0 Å². The van der Waals surface area contributed by atoms with Crippen molar-refractivity contribution in [2.75, 3.05) is 0 Å². The number of hydrazine groups is 1. The SMILES string of the molecule is NNC(=O)c1cn2cc(Cl)cc(Br)c2n1. The number of amides is 1. The van der Waals surface area contributed by atoms with Crippen molar-refractivity contribution in [1.29, 1.82) is 0 Å². The predicted molar refractivity (Wildman–Crippen MR) is 59.6 cm³/mol. The lowest BCUT2D eigenvalue weighted by Crippen LogP contribution is -2.30. The van der Waals surface area contributed by atoms with Crippen LogP contribution in [0.4, 0.5) is 0 Å². The highest BCUT2D eigenvalue weighted by molar-refractivity contribution is 9.10. The largest absolute Gasteiger partial charge is 0.304 e. The molecule has 2 rings (SSSR count). The second kappa shape index (κ2) is 3.80. The number of aromatic nitrogens is 2. The fourth-order valence-electron chi connectivity index (χ4n) is 1.21. The molecule has 5 nitrogen and oxygen atoms in total. The average molecular weight is 290 g/mol. The van der Waals surface area contributed by atoms with Gasteiger partial charge in [0.25, 0.3) is 5.91 Å². The molecule has 0 aliphatic heterocycles. The Kier molecular flexibility index (Phi) is 2.64. The minimum absolute atomic E-state index is 0.237. The van der Waals surface area contributed by atoms with Gasteiger partial charge in [-0.2, -0.15) is 0 Å². The van der Waals surface area contributed by atoms with Gasteiger partial charge in [-0.05, 0) is 22.0 Å². The first-order valence-corrected chi connectivity index (χ1v) is 5.13. The van der Waals surface area contributed by atoms with Gasteiger partial charge in [0.1, 0.15) is 5.69 Å². The highest BCUT2D eigenvalue weighted by Gasteiger charge is 2.11. The van der Waals surface area contributed by atoms with E-state index in [1.165, 1.54) is 0 Å². The van der Waals surface area contributed by atoms with Crippen LogP contribution in [-0.2, 0) is 0 Å². The van der Waals surface area contributed by atoms with Crippen molar-refractivity contribution in [2.24, 2.45) is 5.84 Å². The van der Waals surface area contributed by atoms with E-state index in [1.807, 2.05) is 5.43 Å². The van der Waals surface area contributed by atoms with E-state index in [1.54, 1.807) is 22.9 Å². The molecule has 0 radical (unpaired) electrons. The maximum Gasteiger partial charge on any atom is 0.285 e. The van der Waals surface area contributed by atoms with Gasteiger partial charge in [0.05, 0.1) is 9.50 Å². The molecule has 2 heterocycles. The number of halogens is 2. The van der Waals surface area contributed by atoms with Gasteiger partial charge >= 0.3 is 0 Å². The second-order valence-corrected chi connectivity index (χ2v) is 4.13. The summed E-state index contributed by atoms with van der Waals surface area (Å²) in [5.74, 6) is 4.56. The zero-order valence-corrected chi connectivity index (χ0v) is 9.71. The number of hydrogen-bond acceptors (Lipinski definition) is 3. The number of imidazole rings is 1. The average Bonchev–Trinajstić information content (AvgIpc) is 2.60. The first-order chi connectivity index (χ1) is 7.11. The number of rotatable bonds is 1.